The minimum Gasteiger partial charge on any atom is -0.348 e. The van der Waals surface area contributed by atoms with E-state index in [4.69, 9.17) is 0 Å². The van der Waals surface area contributed by atoms with Crippen molar-refractivity contribution in [1.82, 2.24) is 25.4 Å². The third-order valence-electron chi connectivity index (χ3n) is 5.15. The first-order valence-electron chi connectivity index (χ1n) is 10.5. The van der Waals surface area contributed by atoms with Crippen LogP contribution in [0.1, 0.15) is 54.7 Å². The minimum atomic E-state index is -0.607. The van der Waals surface area contributed by atoms with Crippen molar-refractivity contribution < 1.29 is 9.59 Å². The molecule has 0 radical (unpaired) electrons. The third-order valence-corrected chi connectivity index (χ3v) is 5.15. The Bertz CT molecular complexity index is 1010. The topological polar surface area (TPSA) is 88.9 Å². The average Bonchev–Trinajstić information content (AvgIpc) is 3.28. The number of nitrogens with one attached hydrogen (secondary N) is 2. The summed E-state index contributed by atoms with van der Waals surface area (Å²) in [6, 6.07) is 14.3. The summed E-state index contributed by atoms with van der Waals surface area (Å²) in [5, 5.41) is 10.1. The molecule has 0 saturated carbocycles. The molecule has 2 atom stereocenters. The Morgan fingerprint density at radius 3 is 2.32 bits per heavy atom. The number of nitrogens with zero attached hydrogens (tertiary/aromatic N) is 3. The van der Waals surface area contributed by atoms with Gasteiger partial charge in [0, 0.05) is 5.56 Å². The molecule has 1 heterocycles. The molecule has 2 N–H and O–H groups in total. The van der Waals surface area contributed by atoms with Crippen LogP contribution in [-0.4, -0.2) is 32.6 Å². The maximum atomic E-state index is 13.0. The van der Waals surface area contributed by atoms with Crippen molar-refractivity contribution in [1.29, 1.82) is 0 Å². The Morgan fingerprint density at radius 2 is 1.71 bits per heavy atom. The van der Waals surface area contributed by atoms with Gasteiger partial charge in [0.2, 0.25) is 5.91 Å². The molecular formula is C24H29N5O2. The molecular weight excluding hydrogens is 390 g/mol. The van der Waals surface area contributed by atoms with E-state index in [2.05, 4.69) is 20.7 Å². The summed E-state index contributed by atoms with van der Waals surface area (Å²) in [5.74, 6) is -0.169. The molecule has 31 heavy (non-hydrogen) atoms. The molecule has 0 aliphatic rings. The van der Waals surface area contributed by atoms with Crippen LogP contribution in [0.2, 0.25) is 0 Å². The standard InChI is InChI=1S/C24H29N5O2/c1-16(2)13-22(28-23(30)21-8-6-5-7-17(21)3)24(31)27-18(4)19-9-11-20(12-10-19)29-15-25-14-26-29/h5-12,14-16,18,22H,13H2,1-4H3,(H,27,31)(H,28,30). The number of hydrogen-bond acceptors (Lipinski definition) is 4. The first-order valence-corrected chi connectivity index (χ1v) is 10.5. The van der Waals surface area contributed by atoms with Gasteiger partial charge in [-0.15, -0.1) is 0 Å². The molecule has 2 amide bonds. The van der Waals surface area contributed by atoms with Crippen LogP contribution in [0, 0.1) is 12.8 Å². The molecule has 2 unspecified atom stereocenters. The highest BCUT2D eigenvalue weighted by Gasteiger charge is 2.24. The van der Waals surface area contributed by atoms with E-state index in [-0.39, 0.29) is 23.8 Å². The number of rotatable bonds is 8. The zero-order chi connectivity index (χ0) is 22.4. The van der Waals surface area contributed by atoms with Crippen LogP contribution in [0.4, 0.5) is 0 Å². The summed E-state index contributed by atoms with van der Waals surface area (Å²) in [6.45, 7) is 7.88. The number of amides is 2. The van der Waals surface area contributed by atoms with Crippen LogP contribution in [0.3, 0.4) is 0 Å². The lowest BCUT2D eigenvalue weighted by molar-refractivity contribution is -0.124. The molecule has 0 fully saturated rings. The van der Waals surface area contributed by atoms with E-state index >= 15 is 0 Å². The Kier molecular flexibility index (Phi) is 7.18. The van der Waals surface area contributed by atoms with Gasteiger partial charge < -0.3 is 10.6 Å². The number of aromatic nitrogens is 3. The number of hydrogen-bond donors (Lipinski definition) is 2. The Labute approximate surface area is 182 Å². The summed E-state index contributed by atoms with van der Waals surface area (Å²) < 4.78 is 1.67. The van der Waals surface area contributed by atoms with Crippen LogP contribution >= 0.6 is 0 Å². The summed E-state index contributed by atoms with van der Waals surface area (Å²) in [6.07, 6.45) is 3.67. The highest BCUT2D eigenvalue weighted by atomic mass is 16.2. The first kappa shape index (κ1) is 22.2. The van der Waals surface area contributed by atoms with Gasteiger partial charge in [0.1, 0.15) is 18.7 Å². The first-order chi connectivity index (χ1) is 14.8. The molecule has 0 saturated heterocycles. The van der Waals surface area contributed by atoms with Crippen molar-refractivity contribution in [3.05, 3.63) is 77.9 Å². The Hall–Kier alpha value is -3.48. The minimum absolute atomic E-state index is 0.191. The van der Waals surface area contributed by atoms with Crippen molar-refractivity contribution in [3.8, 4) is 5.69 Å². The Morgan fingerprint density at radius 1 is 1.00 bits per heavy atom. The molecule has 7 nitrogen and oxygen atoms in total. The molecule has 3 rings (SSSR count). The van der Waals surface area contributed by atoms with Gasteiger partial charge in [-0.3, -0.25) is 9.59 Å². The maximum absolute atomic E-state index is 13.0. The third kappa shape index (κ3) is 5.78. The van der Waals surface area contributed by atoms with Crippen LogP contribution in [0.5, 0.6) is 0 Å². The SMILES string of the molecule is Cc1ccccc1C(=O)NC(CC(C)C)C(=O)NC(C)c1ccc(-n2cncn2)cc1. The van der Waals surface area contributed by atoms with Crippen molar-refractivity contribution in [2.24, 2.45) is 5.92 Å². The monoisotopic (exact) mass is 419 g/mol. The number of aryl methyl sites for hydroxylation is 1. The number of carbonyl (C=O) groups excluding carboxylic acids is 2. The predicted octanol–water partition coefficient (Wildman–Crippen LogP) is 3.60. The zero-order valence-corrected chi connectivity index (χ0v) is 18.4. The maximum Gasteiger partial charge on any atom is 0.252 e. The average molecular weight is 420 g/mol. The fourth-order valence-electron chi connectivity index (χ4n) is 3.42. The van der Waals surface area contributed by atoms with E-state index in [1.54, 1.807) is 17.1 Å². The summed E-state index contributed by atoms with van der Waals surface area (Å²) in [4.78, 5) is 29.7. The van der Waals surface area contributed by atoms with Crippen LogP contribution in [0.15, 0.2) is 61.2 Å². The van der Waals surface area contributed by atoms with Crippen LogP contribution < -0.4 is 10.6 Å². The van der Waals surface area contributed by atoms with Gasteiger partial charge in [-0.05, 0) is 55.5 Å². The second kappa shape index (κ2) is 10.0. The van der Waals surface area contributed by atoms with Crippen LogP contribution in [0.25, 0.3) is 5.69 Å². The summed E-state index contributed by atoms with van der Waals surface area (Å²) in [7, 11) is 0. The summed E-state index contributed by atoms with van der Waals surface area (Å²) >= 11 is 0. The van der Waals surface area contributed by atoms with Gasteiger partial charge in [0.05, 0.1) is 11.7 Å². The van der Waals surface area contributed by atoms with E-state index < -0.39 is 6.04 Å². The molecule has 1 aromatic heterocycles. The lowest BCUT2D eigenvalue weighted by Gasteiger charge is -2.23. The van der Waals surface area contributed by atoms with E-state index in [0.29, 0.717) is 12.0 Å². The second-order valence-electron chi connectivity index (χ2n) is 8.13. The quantitative estimate of drug-likeness (QED) is 0.584. The molecule has 0 aliphatic carbocycles. The predicted molar refractivity (Wildman–Crippen MR) is 120 cm³/mol. The highest BCUT2D eigenvalue weighted by molar-refractivity contribution is 5.98. The van der Waals surface area contributed by atoms with Gasteiger partial charge in [-0.1, -0.05) is 44.2 Å². The van der Waals surface area contributed by atoms with Gasteiger partial charge in [-0.2, -0.15) is 5.10 Å². The summed E-state index contributed by atoms with van der Waals surface area (Å²) in [5.41, 5.74) is 3.32. The van der Waals surface area contributed by atoms with Gasteiger partial charge >= 0.3 is 0 Å². The van der Waals surface area contributed by atoms with Gasteiger partial charge in [0.15, 0.2) is 0 Å². The van der Waals surface area contributed by atoms with Crippen LogP contribution in [-0.2, 0) is 4.79 Å². The lowest BCUT2D eigenvalue weighted by Crippen LogP contribution is -2.48. The fraction of sp³-hybridized carbons (Fsp3) is 0.333. The van der Waals surface area contributed by atoms with Crippen molar-refractivity contribution >= 4 is 11.8 Å². The zero-order valence-electron chi connectivity index (χ0n) is 18.4. The molecule has 2 aromatic carbocycles. The van der Waals surface area contributed by atoms with Crippen molar-refractivity contribution in [2.75, 3.05) is 0 Å². The van der Waals surface area contributed by atoms with Crippen molar-refractivity contribution in [3.63, 3.8) is 0 Å². The van der Waals surface area contributed by atoms with Gasteiger partial charge in [-0.25, -0.2) is 9.67 Å². The molecule has 7 heteroatoms. The van der Waals surface area contributed by atoms with E-state index in [0.717, 1.165) is 16.8 Å². The van der Waals surface area contributed by atoms with E-state index in [1.165, 1.54) is 6.33 Å². The second-order valence-corrected chi connectivity index (χ2v) is 8.13. The molecule has 0 aliphatic heterocycles. The van der Waals surface area contributed by atoms with E-state index in [1.807, 2.05) is 70.2 Å². The number of carbonyl (C=O) groups is 2. The molecule has 0 bridgehead atoms. The largest absolute Gasteiger partial charge is 0.348 e. The highest BCUT2D eigenvalue weighted by Crippen LogP contribution is 2.16. The molecule has 3 aromatic rings. The normalized spacial score (nSPS) is 12.9. The fourth-order valence-corrected chi connectivity index (χ4v) is 3.42. The Balaban J connectivity index is 1.68. The lowest BCUT2D eigenvalue weighted by atomic mass is 10.0. The van der Waals surface area contributed by atoms with Gasteiger partial charge in [0.25, 0.3) is 5.91 Å². The van der Waals surface area contributed by atoms with E-state index in [9.17, 15) is 9.59 Å². The smallest absolute Gasteiger partial charge is 0.252 e. The molecule has 162 valence electrons. The molecule has 0 spiro atoms. The van der Waals surface area contributed by atoms with Crippen molar-refractivity contribution in [2.45, 2.75) is 46.2 Å². The number of benzene rings is 2.